The van der Waals surface area contributed by atoms with Crippen LogP contribution in [0, 0.1) is 0 Å². The standard InChI is InChI=1S/C13H27N3O/c1-4-6-15-7-9-16(10-8-15)13(17)11-14-12(3)5-2/h12,14H,4-11H2,1-3H3. The van der Waals surface area contributed by atoms with E-state index in [2.05, 4.69) is 31.0 Å². The Morgan fingerprint density at radius 3 is 2.41 bits per heavy atom. The third-order valence-corrected chi connectivity index (χ3v) is 3.48. The van der Waals surface area contributed by atoms with Gasteiger partial charge in [-0.05, 0) is 26.3 Å². The Hall–Kier alpha value is -0.610. The first kappa shape index (κ1) is 14.5. The van der Waals surface area contributed by atoms with Gasteiger partial charge in [-0.1, -0.05) is 13.8 Å². The van der Waals surface area contributed by atoms with Crippen LogP contribution in [0.5, 0.6) is 0 Å². The molecule has 0 radical (unpaired) electrons. The van der Waals surface area contributed by atoms with E-state index in [4.69, 9.17) is 0 Å². The normalized spacial score (nSPS) is 19.4. The van der Waals surface area contributed by atoms with Gasteiger partial charge in [0, 0.05) is 32.2 Å². The molecule has 17 heavy (non-hydrogen) atoms. The van der Waals surface area contributed by atoms with Crippen molar-refractivity contribution in [1.29, 1.82) is 0 Å². The molecule has 1 N–H and O–H groups in total. The number of nitrogens with zero attached hydrogens (tertiary/aromatic N) is 2. The zero-order chi connectivity index (χ0) is 12.7. The highest BCUT2D eigenvalue weighted by Crippen LogP contribution is 2.02. The highest BCUT2D eigenvalue weighted by molar-refractivity contribution is 5.78. The number of carbonyl (C=O) groups is 1. The molecule has 1 rings (SSSR count). The summed E-state index contributed by atoms with van der Waals surface area (Å²) in [5.41, 5.74) is 0. The topological polar surface area (TPSA) is 35.6 Å². The first-order valence-corrected chi connectivity index (χ1v) is 6.90. The fourth-order valence-electron chi connectivity index (χ4n) is 2.05. The molecule has 1 saturated heterocycles. The molecule has 1 aliphatic heterocycles. The monoisotopic (exact) mass is 241 g/mol. The molecule has 0 aromatic heterocycles. The largest absolute Gasteiger partial charge is 0.339 e. The number of carbonyl (C=O) groups excluding carboxylic acids is 1. The lowest BCUT2D eigenvalue weighted by molar-refractivity contribution is -0.132. The quantitative estimate of drug-likeness (QED) is 0.751. The molecule has 1 heterocycles. The van der Waals surface area contributed by atoms with Gasteiger partial charge < -0.3 is 10.2 Å². The second-order valence-corrected chi connectivity index (χ2v) is 4.91. The summed E-state index contributed by atoms with van der Waals surface area (Å²) in [4.78, 5) is 16.4. The fraction of sp³-hybridized carbons (Fsp3) is 0.923. The van der Waals surface area contributed by atoms with E-state index in [1.165, 1.54) is 6.42 Å². The van der Waals surface area contributed by atoms with Crippen molar-refractivity contribution < 1.29 is 4.79 Å². The predicted octanol–water partition coefficient (Wildman–Crippen LogP) is 0.929. The lowest BCUT2D eigenvalue weighted by atomic mass is 10.2. The van der Waals surface area contributed by atoms with Gasteiger partial charge in [0.25, 0.3) is 0 Å². The van der Waals surface area contributed by atoms with Crippen molar-refractivity contribution in [1.82, 2.24) is 15.1 Å². The first-order chi connectivity index (χ1) is 8.17. The van der Waals surface area contributed by atoms with Crippen LogP contribution in [0.15, 0.2) is 0 Å². The van der Waals surface area contributed by atoms with Gasteiger partial charge in [-0.15, -0.1) is 0 Å². The van der Waals surface area contributed by atoms with Crippen LogP contribution in [0.4, 0.5) is 0 Å². The highest BCUT2D eigenvalue weighted by atomic mass is 16.2. The van der Waals surface area contributed by atoms with Crippen molar-refractivity contribution in [2.24, 2.45) is 0 Å². The van der Waals surface area contributed by atoms with Crippen LogP contribution in [0.3, 0.4) is 0 Å². The van der Waals surface area contributed by atoms with Gasteiger partial charge in [0.05, 0.1) is 6.54 Å². The van der Waals surface area contributed by atoms with Crippen LogP contribution in [0.1, 0.15) is 33.6 Å². The Morgan fingerprint density at radius 1 is 1.24 bits per heavy atom. The summed E-state index contributed by atoms with van der Waals surface area (Å²) >= 11 is 0. The summed E-state index contributed by atoms with van der Waals surface area (Å²) in [7, 11) is 0. The molecule has 100 valence electrons. The maximum atomic E-state index is 11.9. The summed E-state index contributed by atoms with van der Waals surface area (Å²) in [5.74, 6) is 0.251. The summed E-state index contributed by atoms with van der Waals surface area (Å²) in [6.45, 7) is 11.9. The number of rotatable bonds is 6. The van der Waals surface area contributed by atoms with Gasteiger partial charge in [-0.3, -0.25) is 9.69 Å². The van der Waals surface area contributed by atoms with Crippen molar-refractivity contribution in [3.8, 4) is 0 Å². The molecular formula is C13H27N3O. The van der Waals surface area contributed by atoms with Crippen molar-refractivity contribution in [2.75, 3.05) is 39.3 Å². The van der Waals surface area contributed by atoms with Gasteiger partial charge in [0.2, 0.25) is 5.91 Å². The molecule has 1 atom stereocenters. The molecule has 4 heteroatoms. The zero-order valence-corrected chi connectivity index (χ0v) is 11.5. The van der Waals surface area contributed by atoms with Crippen molar-refractivity contribution in [3.63, 3.8) is 0 Å². The van der Waals surface area contributed by atoms with Crippen LogP contribution in [-0.4, -0.2) is 61.0 Å². The predicted molar refractivity (Wildman–Crippen MR) is 71.1 cm³/mol. The molecule has 1 unspecified atom stereocenters. The molecule has 0 spiro atoms. The van der Waals surface area contributed by atoms with Gasteiger partial charge >= 0.3 is 0 Å². The van der Waals surface area contributed by atoms with E-state index >= 15 is 0 Å². The van der Waals surface area contributed by atoms with Crippen molar-refractivity contribution >= 4 is 5.91 Å². The van der Waals surface area contributed by atoms with Crippen molar-refractivity contribution in [3.05, 3.63) is 0 Å². The minimum Gasteiger partial charge on any atom is -0.339 e. The van der Waals surface area contributed by atoms with Crippen LogP contribution in [0.25, 0.3) is 0 Å². The molecule has 0 saturated carbocycles. The number of nitrogens with one attached hydrogen (secondary N) is 1. The summed E-state index contributed by atoms with van der Waals surface area (Å²) in [6.07, 6.45) is 2.26. The molecule has 0 aliphatic carbocycles. The SMILES string of the molecule is CCCN1CCN(C(=O)CNC(C)CC)CC1. The fourth-order valence-corrected chi connectivity index (χ4v) is 2.05. The number of amides is 1. The summed E-state index contributed by atoms with van der Waals surface area (Å²) in [5, 5.41) is 3.26. The Labute approximate surface area is 105 Å². The molecule has 0 aromatic rings. The molecule has 0 bridgehead atoms. The molecular weight excluding hydrogens is 214 g/mol. The maximum absolute atomic E-state index is 11.9. The van der Waals surface area contributed by atoms with E-state index in [1.54, 1.807) is 0 Å². The van der Waals surface area contributed by atoms with E-state index in [1.807, 2.05) is 4.90 Å². The van der Waals surface area contributed by atoms with Gasteiger partial charge in [-0.25, -0.2) is 0 Å². The zero-order valence-electron chi connectivity index (χ0n) is 11.5. The number of piperazine rings is 1. The molecule has 1 amide bonds. The van der Waals surface area contributed by atoms with E-state index in [-0.39, 0.29) is 5.91 Å². The minimum absolute atomic E-state index is 0.251. The Kier molecular flexibility index (Phi) is 6.52. The number of hydrogen-bond donors (Lipinski definition) is 1. The average molecular weight is 241 g/mol. The van der Waals surface area contributed by atoms with Crippen LogP contribution >= 0.6 is 0 Å². The third-order valence-electron chi connectivity index (χ3n) is 3.48. The van der Waals surface area contributed by atoms with E-state index < -0.39 is 0 Å². The highest BCUT2D eigenvalue weighted by Gasteiger charge is 2.20. The lowest BCUT2D eigenvalue weighted by Crippen LogP contribution is -2.51. The van der Waals surface area contributed by atoms with Crippen LogP contribution in [0.2, 0.25) is 0 Å². The molecule has 1 aliphatic rings. The maximum Gasteiger partial charge on any atom is 0.236 e. The van der Waals surface area contributed by atoms with Crippen LogP contribution in [-0.2, 0) is 4.79 Å². The molecule has 0 aromatic carbocycles. The summed E-state index contributed by atoms with van der Waals surface area (Å²) < 4.78 is 0. The lowest BCUT2D eigenvalue weighted by Gasteiger charge is -2.34. The molecule has 4 nitrogen and oxygen atoms in total. The first-order valence-electron chi connectivity index (χ1n) is 6.90. The molecule has 1 fully saturated rings. The van der Waals surface area contributed by atoms with Gasteiger partial charge in [-0.2, -0.15) is 0 Å². The second kappa shape index (κ2) is 7.67. The van der Waals surface area contributed by atoms with E-state index in [0.29, 0.717) is 12.6 Å². The second-order valence-electron chi connectivity index (χ2n) is 4.91. The number of hydrogen-bond acceptors (Lipinski definition) is 3. The van der Waals surface area contributed by atoms with Crippen molar-refractivity contribution in [2.45, 2.75) is 39.7 Å². The smallest absolute Gasteiger partial charge is 0.236 e. The Bertz CT molecular complexity index is 225. The van der Waals surface area contributed by atoms with E-state index in [0.717, 1.165) is 39.1 Å². The van der Waals surface area contributed by atoms with Gasteiger partial charge in [0.15, 0.2) is 0 Å². The minimum atomic E-state index is 0.251. The van der Waals surface area contributed by atoms with Crippen LogP contribution < -0.4 is 5.32 Å². The van der Waals surface area contributed by atoms with E-state index in [9.17, 15) is 4.79 Å². The average Bonchev–Trinajstić information content (AvgIpc) is 2.36. The summed E-state index contributed by atoms with van der Waals surface area (Å²) in [6, 6.07) is 0.431. The van der Waals surface area contributed by atoms with Gasteiger partial charge in [0.1, 0.15) is 0 Å². The third kappa shape index (κ3) is 5.04. The Morgan fingerprint density at radius 2 is 1.88 bits per heavy atom. The Balaban J connectivity index is 2.21.